The molecule has 0 aromatic heterocycles. The van der Waals surface area contributed by atoms with Gasteiger partial charge in [-0.3, -0.25) is 14.8 Å². The van der Waals surface area contributed by atoms with Gasteiger partial charge in [0, 0.05) is 60.7 Å². The Morgan fingerprint density at radius 3 is 1.06 bits per heavy atom. The van der Waals surface area contributed by atoms with Gasteiger partial charge < -0.3 is 20.1 Å². The van der Waals surface area contributed by atoms with Crippen molar-refractivity contribution in [1.82, 2.24) is 10.6 Å². The zero-order valence-corrected chi connectivity index (χ0v) is 33.9. The number of hydrogen-bond acceptors (Lipinski definition) is 8. The maximum Gasteiger partial charge on any atom is 0.306 e. The molecular formula is C40H80N2O6. The molecule has 2 aliphatic rings. The van der Waals surface area contributed by atoms with E-state index in [4.69, 9.17) is 14.7 Å². The monoisotopic (exact) mass is 685 g/mol. The van der Waals surface area contributed by atoms with Crippen LogP contribution >= 0.6 is 0 Å². The molecule has 3 N–H and O–H groups in total. The summed E-state index contributed by atoms with van der Waals surface area (Å²) in [6.07, 6.45) is 18.9. The van der Waals surface area contributed by atoms with Crippen LogP contribution in [0.25, 0.3) is 0 Å². The van der Waals surface area contributed by atoms with Crippen LogP contribution in [0.1, 0.15) is 206 Å². The van der Waals surface area contributed by atoms with Crippen LogP contribution in [0.15, 0.2) is 0 Å². The second-order valence-corrected chi connectivity index (χ2v) is 18.1. The maximum atomic E-state index is 12.3. The summed E-state index contributed by atoms with van der Waals surface area (Å²) in [5, 5.41) is 15.1. The number of carbonyl (C=O) groups is 2. The topological polar surface area (TPSA) is 106 Å². The predicted octanol–water partition coefficient (Wildman–Crippen LogP) is 10.5. The highest BCUT2D eigenvalue weighted by Crippen LogP contribution is 2.32. The molecule has 0 aromatic rings. The van der Waals surface area contributed by atoms with Crippen LogP contribution in [-0.4, -0.2) is 57.2 Å². The fraction of sp³-hybridized carbons (Fsp3) is 0.950. The number of nitrogens with one attached hydrogen (secondary N) is 2. The Labute approximate surface area is 296 Å². The van der Waals surface area contributed by atoms with Gasteiger partial charge in [-0.15, -0.1) is 0 Å². The highest BCUT2D eigenvalue weighted by atomic mass is 17.1. The second kappa shape index (κ2) is 22.6. The summed E-state index contributed by atoms with van der Waals surface area (Å²) >= 11 is 0. The molecular weight excluding hydrogens is 604 g/mol. The lowest BCUT2D eigenvalue weighted by Crippen LogP contribution is -2.59. The highest BCUT2D eigenvalue weighted by molar-refractivity contribution is 5.69. The van der Waals surface area contributed by atoms with Crippen molar-refractivity contribution in [3.8, 4) is 0 Å². The van der Waals surface area contributed by atoms with Crippen LogP contribution in [0.3, 0.4) is 0 Å². The molecule has 8 heteroatoms. The standard InChI is InChI=1S/C28H52N2O4.C8H18.C4H10O2/c1-25(2)17-21(18-26(3,4)29-25)33-23(31)15-13-11-9-10-12-14-16-24(32)34-22-19-27(5,6)30-28(7,8)20-22;1-3-5-7-8-6-4-2;1-4(2,3)6-5/h21-22,29-30H,9-20H2,1-8H3;3-8H2,1-2H3;5H,1-3H3. The molecule has 286 valence electrons. The molecule has 0 aromatic carbocycles. The third kappa shape index (κ3) is 25.7. The minimum atomic E-state index is -0.403. The van der Waals surface area contributed by atoms with Gasteiger partial charge in [0.25, 0.3) is 0 Å². The Morgan fingerprint density at radius 1 is 0.562 bits per heavy atom. The first-order valence-corrected chi connectivity index (χ1v) is 19.3. The summed E-state index contributed by atoms with van der Waals surface area (Å²) in [5.74, 6) is -0.129. The number of ether oxygens (including phenoxy) is 2. The van der Waals surface area contributed by atoms with Crippen molar-refractivity contribution in [2.75, 3.05) is 0 Å². The van der Waals surface area contributed by atoms with Crippen molar-refractivity contribution in [1.29, 1.82) is 0 Å². The summed E-state index contributed by atoms with van der Waals surface area (Å²) in [7, 11) is 0. The summed E-state index contributed by atoms with van der Waals surface area (Å²) < 4.78 is 11.6. The fourth-order valence-corrected chi connectivity index (χ4v) is 7.21. The number of esters is 2. The van der Waals surface area contributed by atoms with Gasteiger partial charge in [-0.1, -0.05) is 78.1 Å². The molecule has 2 saturated heterocycles. The number of hydrogen-bond donors (Lipinski definition) is 3. The zero-order valence-electron chi connectivity index (χ0n) is 33.9. The molecule has 0 atom stereocenters. The first-order valence-electron chi connectivity index (χ1n) is 19.3. The van der Waals surface area contributed by atoms with Crippen molar-refractivity contribution >= 4 is 11.9 Å². The van der Waals surface area contributed by atoms with Crippen molar-refractivity contribution in [3.63, 3.8) is 0 Å². The average Bonchev–Trinajstić information content (AvgIpc) is 2.89. The predicted molar refractivity (Wildman–Crippen MR) is 200 cm³/mol. The van der Waals surface area contributed by atoms with E-state index < -0.39 is 5.60 Å². The molecule has 0 unspecified atom stereocenters. The highest BCUT2D eigenvalue weighted by Gasteiger charge is 2.40. The van der Waals surface area contributed by atoms with Crippen molar-refractivity contribution in [2.24, 2.45) is 0 Å². The van der Waals surface area contributed by atoms with E-state index >= 15 is 0 Å². The van der Waals surface area contributed by atoms with E-state index in [9.17, 15) is 9.59 Å². The van der Waals surface area contributed by atoms with E-state index in [2.05, 4.69) is 84.8 Å². The van der Waals surface area contributed by atoms with Gasteiger partial charge in [-0.2, -0.15) is 0 Å². The van der Waals surface area contributed by atoms with Gasteiger partial charge in [-0.05, 0) is 89.0 Å². The molecule has 2 aliphatic heterocycles. The largest absolute Gasteiger partial charge is 0.462 e. The molecule has 0 saturated carbocycles. The van der Waals surface area contributed by atoms with E-state index in [-0.39, 0.29) is 46.3 Å². The van der Waals surface area contributed by atoms with E-state index in [1.165, 1.54) is 38.5 Å². The summed E-state index contributed by atoms with van der Waals surface area (Å²) in [4.78, 5) is 28.5. The van der Waals surface area contributed by atoms with Gasteiger partial charge in [0.05, 0.1) is 5.60 Å². The van der Waals surface area contributed by atoms with Crippen molar-refractivity contribution in [3.05, 3.63) is 0 Å². The molecule has 0 aliphatic carbocycles. The van der Waals surface area contributed by atoms with Gasteiger partial charge in [-0.25, -0.2) is 4.89 Å². The minimum Gasteiger partial charge on any atom is -0.462 e. The van der Waals surface area contributed by atoms with Gasteiger partial charge >= 0.3 is 11.9 Å². The lowest BCUT2D eigenvalue weighted by atomic mass is 9.81. The Balaban J connectivity index is 0.00000131. The van der Waals surface area contributed by atoms with Gasteiger partial charge in [0.1, 0.15) is 12.2 Å². The van der Waals surface area contributed by atoms with E-state index in [0.29, 0.717) is 12.8 Å². The van der Waals surface area contributed by atoms with Gasteiger partial charge in [0.15, 0.2) is 0 Å². The molecule has 8 nitrogen and oxygen atoms in total. The Kier molecular flexibility index (Phi) is 22.0. The second-order valence-electron chi connectivity index (χ2n) is 18.1. The summed E-state index contributed by atoms with van der Waals surface area (Å²) in [6.45, 7) is 27.2. The van der Waals surface area contributed by atoms with E-state index in [0.717, 1.165) is 64.2 Å². The molecule has 48 heavy (non-hydrogen) atoms. The lowest BCUT2D eigenvalue weighted by Gasteiger charge is -2.46. The SMILES string of the molecule is CC(C)(C)OO.CC1(C)CC(OC(=O)CCCCCCCCC(=O)OC2CC(C)(C)NC(C)(C)C2)CC(C)(C)N1.CCCCCCCC. The van der Waals surface area contributed by atoms with Crippen molar-refractivity contribution in [2.45, 2.75) is 246 Å². The molecule has 2 rings (SSSR count). The van der Waals surface area contributed by atoms with Crippen LogP contribution in [0.2, 0.25) is 0 Å². The molecule has 0 bridgehead atoms. The number of piperidine rings is 2. The number of rotatable bonds is 16. The average molecular weight is 685 g/mol. The Bertz CT molecular complexity index is 781. The van der Waals surface area contributed by atoms with Crippen LogP contribution in [0.4, 0.5) is 0 Å². The third-order valence-corrected chi connectivity index (χ3v) is 8.64. The minimum absolute atomic E-state index is 0.000484. The third-order valence-electron chi connectivity index (χ3n) is 8.64. The number of unbranched alkanes of at least 4 members (excludes halogenated alkanes) is 10. The first kappa shape index (κ1) is 46.8. The number of carbonyl (C=O) groups excluding carboxylic acids is 2. The van der Waals surface area contributed by atoms with Crippen LogP contribution in [-0.2, 0) is 24.0 Å². The van der Waals surface area contributed by atoms with Gasteiger partial charge in [0.2, 0.25) is 0 Å². The Morgan fingerprint density at radius 2 is 0.812 bits per heavy atom. The molecule has 0 amide bonds. The molecule has 2 fully saturated rings. The van der Waals surface area contributed by atoms with Crippen LogP contribution < -0.4 is 10.6 Å². The maximum absolute atomic E-state index is 12.3. The van der Waals surface area contributed by atoms with E-state index in [1.807, 2.05) is 0 Å². The molecule has 0 spiro atoms. The fourth-order valence-electron chi connectivity index (χ4n) is 7.21. The normalized spacial score (nSPS) is 20.0. The Hall–Kier alpha value is -1.22. The zero-order chi connectivity index (χ0) is 37.1. The smallest absolute Gasteiger partial charge is 0.306 e. The lowest BCUT2D eigenvalue weighted by molar-refractivity contribution is -0.306. The quantitative estimate of drug-likeness (QED) is 0.0638. The van der Waals surface area contributed by atoms with Crippen molar-refractivity contribution < 1.29 is 29.2 Å². The first-order chi connectivity index (χ1) is 22.0. The van der Waals surface area contributed by atoms with Crippen LogP contribution in [0, 0.1) is 0 Å². The molecule has 2 heterocycles. The molecule has 0 radical (unpaired) electrons. The van der Waals surface area contributed by atoms with Crippen LogP contribution in [0.5, 0.6) is 0 Å². The van der Waals surface area contributed by atoms with E-state index in [1.54, 1.807) is 20.8 Å². The summed E-state index contributed by atoms with van der Waals surface area (Å²) in [6, 6.07) is 0. The summed E-state index contributed by atoms with van der Waals surface area (Å²) in [5.41, 5.74) is -0.459.